The SMILES string of the molecule is COC(=O)C(=O)OC.O.O.O.O.O=C(O)c1cc(O)cc(O)c1.O=C(O)c1cc(O)cc(O)c1.O=C(O)c1cc(O)cc(O)c1.O=C(O)c1cc(O)cc(O)c1. The summed E-state index contributed by atoms with van der Waals surface area (Å²) in [4.78, 5) is 61.2. The third-order valence-corrected chi connectivity index (χ3v) is 5.14. The molecule has 4 aromatic rings. The molecule has 0 unspecified atom stereocenters. The number of methoxy groups -OCH3 is 2. The maximum absolute atomic E-state index is 10.3. The van der Waals surface area contributed by atoms with Gasteiger partial charge in [-0.05, 0) is 48.5 Å². The van der Waals surface area contributed by atoms with E-state index in [0.717, 1.165) is 87.0 Å². The molecular formula is C32H38O24. The molecule has 0 aliphatic rings. The van der Waals surface area contributed by atoms with Crippen LogP contribution in [0.5, 0.6) is 46.0 Å². The van der Waals surface area contributed by atoms with Gasteiger partial charge in [-0.2, -0.15) is 0 Å². The highest BCUT2D eigenvalue weighted by Crippen LogP contribution is 2.22. The molecule has 0 radical (unpaired) electrons. The minimum Gasteiger partial charge on any atom is -0.508 e. The first kappa shape index (κ1) is 57.3. The van der Waals surface area contributed by atoms with Crippen LogP contribution in [0.2, 0.25) is 0 Å². The molecule has 0 saturated heterocycles. The molecule has 0 bridgehead atoms. The van der Waals surface area contributed by atoms with Gasteiger partial charge in [0.25, 0.3) is 0 Å². The van der Waals surface area contributed by atoms with Crippen LogP contribution in [0.15, 0.2) is 72.8 Å². The molecular weight excluding hydrogens is 768 g/mol. The standard InChI is InChI=1S/4C7H6O4.C4H6O4.4H2O/c4*8-5-1-4(7(10)11)2-6(9)3-5;1-7-3(5)4(6)8-2;;;;/h4*1-3,8-9H,(H,10,11);1-2H3;4*1H2. The van der Waals surface area contributed by atoms with Gasteiger partial charge >= 0.3 is 35.8 Å². The number of carboxylic acid groups (broad SMARTS) is 4. The van der Waals surface area contributed by atoms with Crippen molar-refractivity contribution in [3.8, 4) is 46.0 Å². The van der Waals surface area contributed by atoms with Crippen molar-refractivity contribution in [2.24, 2.45) is 0 Å². The monoisotopic (exact) mass is 806 g/mol. The number of carboxylic acids is 4. The van der Waals surface area contributed by atoms with Crippen molar-refractivity contribution in [2.75, 3.05) is 14.2 Å². The Bertz CT molecular complexity index is 1560. The van der Waals surface area contributed by atoms with E-state index < -0.39 is 35.8 Å². The summed E-state index contributed by atoms with van der Waals surface area (Å²) in [6, 6.07) is 12.7. The molecule has 0 aliphatic carbocycles. The molecule has 0 heterocycles. The lowest BCUT2D eigenvalue weighted by Gasteiger charge is -1.96. The Morgan fingerprint density at radius 3 is 0.536 bits per heavy atom. The third kappa shape index (κ3) is 22.7. The summed E-state index contributed by atoms with van der Waals surface area (Å²) in [5.74, 6) is -8.79. The van der Waals surface area contributed by atoms with Gasteiger partial charge in [-0.25, -0.2) is 28.8 Å². The summed E-state index contributed by atoms with van der Waals surface area (Å²) >= 11 is 0. The molecule has 4 aromatic carbocycles. The van der Waals surface area contributed by atoms with Gasteiger partial charge in [0.05, 0.1) is 36.5 Å². The molecule has 24 heteroatoms. The van der Waals surface area contributed by atoms with Gasteiger partial charge in [0.15, 0.2) is 0 Å². The van der Waals surface area contributed by atoms with Crippen LogP contribution in [0.25, 0.3) is 0 Å². The maximum atomic E-state index is 10.3. The number of phenolic OH excluding ortho intramolecular Hbond substituents is 8. The normalized spacial score (nSPS) is 8.54. The van der Waals surface area contributed by atoms with Crippen molar-refractivity contribution in [2.45, 2.75) is 0 Å². The predicted octanol–water partition coefficient (Wildman–Crippen LogP) is -0.782. The molecule has 0 aromatic heterocycles. The zero-order chi connectivity index (χ0) is 40.3. The maximum Gasteiger partial charge on any atom is 0.417 e. The number of ether oxygens (including phenoxy) is 2. The van der Waals surface area contributed by atoms with Crippen molar-refractivity contribution >= 4 is 35.8 Å². The van der Waals surface area contributed by atoms with Gasteiger partial charge in [0.1, 0.15) is 46.0 Å². The van der Waals surface area contributed by atoms with Crippen molar-refractivity contribution in [3.63, 3.8) is 0 Å². The fraction of sp³-hybridized carbons (Fsp3) is 0.0625. The van der Waals surface area contributed by atoms with Crippen LogP contribution < -0.4 is 0 Å². The number of carbonyl (C=O) groups is 6. The van der Waals surface area contributed by atoms with Gasteiger partial charge < -0.3 is 92.7 Å². The molecule has 0 spiro atoms. The molecule has 0 aliphatic heterocycles. The van der Waals surface area contributed by atoms with Crippen molar-refractivity contribution in [1.82, 2.24) is 0 Å². The predicted molar refractivity (Wildman–Crippen MR) is 185 cm³/mol. The average Bonchev–Trinajstić information content (AvgIpc) is 3.03. The molecule has 56 heavy (non-hydrogen) atoms. The quantitative estimate of drug-likeness (QED) is 0.0888. The van der Waals surface area contributed by atoms with E-state index in [9.17, 15) is 28.8 Å². The molecule has 0 atom stereocenters. The Morgan fingerprint density at radius 2 is 0.446 bits per heavy atom. The Balaban J connectivity index is -0.000000191. The van der Waals surface area contributed by atoms with Crippen LogP contribution in [0.4, 0.5) is 0 Å². The van der Waals surface area contributed by atoms with Crippen molar-refractivity contribution in [1.29, 1.82) is 0 Å². The number of hydrogen-bond donors (Lipinski definition) is 12. The molecule has 0 fully saturated rings. The summed E-state index contributed by atoms with van der Waals surface area (Å²) in [6.45, 7) is 0. The van der Waals surface area contributed by atoms with Crippen LogP contribution in [0.1, 0.15) is 41.4 Å². The van der Waals surface area contributed by atoms with Crippen LogP contribution in [0, 0.1) is 0 Å². The topological polar surface area (TPSA) is 490 Å². The number of aromatic hydroxyl groups is 8. The van der Waals surface area contributed by atoms with Gasteiger partial charge in [-0.3, -0.25) is 0 Å². The first-order chi connectivity index (χ1) is 24.1. The smallest absolute Gasteiger partial charge is 0.417 e. The van der Waals surface area contributed by atoms with Crippen LogP contribution >= 0.6 is 0 Å². The highest BCUT2D eigenvalue weighted by molar-refractivity contribution is 6.29. The largest absolute Gasteiger partial charge is 0.508 e. The minimum absolute atomic E-state index is 0. The minimum atomic E-state index is -1.18. The van der Waals surface area contributed by atoms with Gasteiger partial charge in [-0.15, -0.1) is 0 Å². The first-order valence-corrected chi connectivity index (χ1v) is 13.3. The number of aromatic carboxylic acids is 4. The van der Waals surface area contributed by atoms with Crippen LogP contribution in [-0.2, 0) is 19.1 Å². The summed E-state index contributed by atoms with van der Waals surface area (Å²) in [5, 5.41) is 104. The lowest BCUT2D eigenvalue weighted by molar-refractivity contribution is -0.164. The fourth-order valence-corrected chi connectivity index (χ4v) is 3.04. The molecule has 24 nitrogen and oxygen atoms in total. The molecule has 310 valence electrons. The van der Waals surface area contributed by atoms with E-state index in [4.69, 9.17) is 61.3 Å². The van der Waals surface area contributed by atoms with Crippen LogP contribution in [0.3, 0.4) is 0 Å². The number of rotatable bonds is 4. The third-order valence-electron chi connectivity index (χ3n) is 5.14. The highest BCUT2D eigenvalue weighted by Gasteiger charge is 2.12. The van der Waals surface area contributed by atoms with E-state index in [2.05, 4.69) is 9.47 Å². The summed E-state index contributed by atoms with van der Waals surface area (Å²) in [7, 11) is 2.22. The van der Waals surface area contributed by atoms with E-state index in [-0.39, 0.29) is 90.2 Å². The Labute approximate surface area is 312 Å². The number of carbonyl (C=O) groups excluding carboxylic acids is 2. The lowest BCUT2D eigenvalue weighted by Crippen LogP contribution is -2.16. The van der Waals surface area contributed by atoms with Crippen molar-refractivity contribution < 1.29 is 121 Å². The van der Waals surface area contributed by atoms with E-state index in [0.29, 0.717) is 0 Å². The second-order valence-electron chi connectivity index (χ2n) is 9.16. The van der Waals surface area contributed by atoms with Gasteiger partial charge in [-0.1, -0.05) is 0 Å². The molecule has 20 N–H and O–H groups in total. The number of esters is 2. The summed E-state index contributed by atoms with van der Waals surface area (Å²) in [5.41, 5.74) is -0.546. The van der Waals surface area contributed by atoms with E-state index in [1.54, 1.807) is 0 Å². The number of hydrogen-bond acceptors (Lipinski definition) is 16. The molecule has 4 rings (SSSR count). The zero-order valence-electron chi connectivity index (χ0n) is 28.6. The zero-order valence-corrected chi connectivity index (χ0v) is 28.6. The van der Waals surface area contributed by atoms with Gasteiger partial charge in [0.2, 0.25) is 0 Å². The molecule has 0 saturated carbocycles. The Hall–Kier alpha value is -8.06. The van der Waals surface area contributed by atoms with E-state index in [1.165, 1.54) is 0 Å². The Morgan fingerprint density at radius 1 is 0.321 bits per heavy atom. The van der Waals surface area contributed by atoms with Crippen molar-refractivity contribution in [3.05, 3.63) is 95.1 Å². The summed E-state index contributed by atoms with van der Waals surface area (Å²) < 4.78 is 7.98. The average molecular weight is 807 g/mol. The second-order valence-corrected chi connectivity index (χ2v) is 9.16. The first-order valence-electron chi connectivity index (χ1n) is 13.3. The number of benzene rings is 4. The number of phenols is 8. The fourth-order valence-electron chi connectivity index (χ4n) is 3.04. The summed E-state index contributed by atoms with van der Waals surface area (Å²) in [6.07, 6.45) is 0. The molecule has 0 amide bonds. The van der Waals surface area contributed by atoms with Crippen LogP contribution in [-0.4, -0.2) is 133 Å². The van der Waals surface area contributed by atoms with E-state index >= 15 is 0 Å². The van der Waals surface area contributed by atoms with E-state index in [1.807, 2.05) is 0 Å². The lowest BCUT2D eigenvalue weighted by atomic mass is 10.2. The highest BCUT2D eigenvalue weighted by atomic mass is 16.6. The Kier molecular flexibility index (Phi) is 28.2. The van der Waals surface area contributed by atoms with Gasteiger partial charge in [0, 0.05) is 24.3 Å². The second kappa shape index (κ2) is 27.6.